The fraction of sp³-hybridized carbons (Fsp3) is 0.200. The van der Waals surface area contributed by atoms with Gasteiger partial charge in [0, 0.05) is 17.2 Å². The van der Waals surface area contributed by atoms with E-state index in [4.69, 9.17) is 4.74 Å². The van der Waals surface area contributed by atoms with Gasteiger partial charge in [0.1, 0.15) is 5.56 Å². The van der Waals surface area contributed by atoms with Crippen molar-refractivity contribution >= 4 is 21.8 Å². The molecule has 0 radical (unpaired) electrons. The second-order valence-corrected chi connectivity index (χ2v) is 3.88. The molecule has 0 saturated carbocycles. The number of carbonyl (C=O) groups is 1. The molecule has 1 amide bonds. The van der Waals surface area contributed by atoms with Crippen molar-refractivity contribution in [3.8, 4) is 5.88 Å². The van der Waals surface area contributed by atoms with Crippen molar-refractivity contribution in [1.82, 2.24) is 10.3 Å². The lowest BCUT2D eigenvalue weighted by atomic mass is 10.2. The fourth-order valence-corrected chi connectivity index (χ4v) is 1.14. The third-order valence-electron chi connectivity index (χ3n) is 1.65. The molecule has 4 nitrogen and oxygen atoms in total. The standard InChI is InChI=1S/C10H11BrN2O2/c1-7(11)6-13-9(14)8-4-3-5-12-10(8)15-2/h3-5H,1,6H2,2H3,(H,13,14). The summed E-state index contributed by atoms with van der Waals surface area (Å²) >= 11 is 3.15. The number of pyridine rings is 1. The molecular formula is C10H11BrN2O2. The van der Waals surface area contributed by atoms with E-state index < -0.39 is 0 Å². The highest BCUT2D eigenvalue weighted by atomic mass is 79.9. The van der Waals surface area contributed by atoms with Crippen LogP contribution < -0.4 is 10.1 Å². The monoisotopic (exact) mass is 270 g/mol. The summed E-state index contributed by atoms with van der Waals surface area (Å²) in [5.74, 6) is 0.0794. The molecular weight excluding hydrogens is 260 g/mol. The Morgan fingerprint density at radius 3 is 3.07 bits per heavy atom. The second kappa shape index (κ2) is 5.50. The lowest BCUT2D eigenvalue weighted by Gasteiger charge is -2.07. The van der Waals surface area contributed by atoms with Crippen LogP contribution in [0.5, 0.6) is 5.88 Å². The number of hydrogen-bond donors (Lipinski definition) is 1. The number of nitrogens with zero attached hydrogens (tertiary/aromatic N) is 1. The lowest BCUT2D eigenvalue weighted by molar-refractivity contribution is 0.0954. The SMILES string of the molecule is C=C(Br)CNC(=O)c1cccnc1OC. The van der Waals surface area contributed by atoms with Crippen molar-refractivity contribution in [2.75, 3.05) is 13.7 Å². The molecule has 1 N–H and O–H groups in total. The maximum Gasteiger partial charge on any atom is 0.257 e. The first-order chi connectivity index (χ1) is 7.15. The molecule has 0 bridgehead atoms. The van der Waals surface area contributed by atoms with Crippen molar-refractivity contribution < 1.29 is 9.53 Å². The first-order valence-electron chi connectivity index (χ1n) is 4.25. The second-order valence-electron chi connectivity index (χ2n) is 2.76. The molecule has 0 spiro atoms. The number of rotatable bonds is 4. The zero-order chi connectivity index (χ0) is 11.3. The van der Waals surface area contributed by atoms with Gasteiger partial charge in [-0.15, -0.1) is 0 Å². The molecule has 0 saturated heterocycles. The van der Waals surface area contributed by atoms with E-state index in [9.17, 15) is 4.79 Å². The van der Waals surface area contributed by atoms with Gasteiger partial charge in [-0.05, 0) is 12.1 Å². The predicted molar refractivity (Wildman–Crippen MR) is 61.2 cm³/mol. The van der Waals surface area contributed by atoms with E-state index >= 15 is 0 Å². The number of hydrogen-bond acceptors (Lipinski definition) is 3. The Labute approximate surface area is 96.5 Å². The number of amides is 1. The topological polar surface area (TPSA) is 51.2 Å². The van der Waals surface area contributed by atoms with Crippen LogP contribution in [-0.2, 0) is 0 Å². The van der Waals surface area contributed by atoms with Crippen LogP contribution in [0.3, 0.4) is 0 Å². The summed E-state index contributed by atoms with van der Waals surface area (Å²) in [6.07, 6.45) is 1.57. The molecule has 15 heavy (non-hydrogen) atoms. The lowest BCUT2D eigenvalue weighted by Crippen LogP contribution is -2.25. The van der Waals surface area contributed by atoms with Crippen LogP contribution >= 0.6 is 15.9 Å². The molecule has 1 aromatic rings. The van der Waals surface area contributed by atoms with Crippen molar-refractivity contribution in [3.05, 3.63) is 35.0 Å². The zero-order valence-corrected chi connectivity index (χ0v) is 9.87. The van der Waals surface area contributed by atoms with Gasteiger partial charge in [-0.3, -0.25) is 4.79 Å². The van der Waals surface area contributed by atoms with E-state index in [2.05, 4.69) is 32.8 Å². The maximum absolute atomic E-state index is 11.6. The van der Waals surface area contributed by atoms with Crippen LogP contribution in [0.15, 0.2) is 29.4 Å². The largest absolute Gasteiger partial charge is 0.480 e. The third-order valence-corrected chi connectivity index (χ3v) is 1.93. The van der Waals surface area contributed by atoms with Gasteiger partial charge in [-0.1, -0.05) is 22.5 Å². The van der Waals surface area contributed by atoms with Crippen molar-refractivity contribution in [2.24, 2.45) is 0 Å². The maximum atomic E-state index is 11.6. The van der Waals surface area contributed by atoms with Crippen LogP contribution in [0.2, 0.25) is 0 Å². The van der Waals surface area contributed by atoms with Gasteiger partial charge in [0.15, 0.2) is 0 Å². The molecule has 0 unspecified atom stereocenters. The van der Waals surface area contributed by atoms with Gasteiger partial charge < -0.3 is 10.1 Å². The van der Waals surface area contributed by atoms with Crippen molar-refractivity contribution in [2.45, 2.75) is 0 Å². The first kappa shape index (κ1) is 11.7. The highest BCUT2D eigenvalue weighted by Gasteiger charge is 2.11. The summed E-state index contributed by atoms with van der Waals surface area (Å²) in [4.78, 5) is 15.6. The van der Waals surface area contributed by atoms with Gasteiger partial charge in [0.05, 0.1) is 7.11 Å². The number of methoxy groups -OCH3 is 1. The van der Waals surface area contributed by atoms with Gasteiger partial charge in [-0.2, -0.15) is 0 Å². The minimum atomic E-state index is -0.236. The highest BCUT2D eigenvalue weighted by molar-refractivity contribution is 9.11. The Bertz CT molecular complexity index is 379. The summed E-state index contributed by atoms with van der Waals surface area (Å²) < 4.78 is 5.67. The van der Waals surface area contributed by atoms with E-state index in [0.29, 0.717) is 22.5 Å². The Kier molecular flexibility index (Phi) is 4.30. The molecule has 0 atom stereocenters. The molecule has 0 aromatic carbocycles. The minimum absolute atomic E-state index is 0.236. The number of ether oxygens (including phenoxy) is 1. The molecule has 0 aliphatic rings. The average molecular weight is 271 g/mol. The summed E-state index contributed by atoms with van der Waals surface area (Å²) in [6, 6.07) is 3.33. The number of nitrogens with one attached hydrogen (secondary N) is 1. The van der Waals surface area contributed by atoms with Crippen LogP contribution in [0.1, 0.15) is 10.4 Å². The summed E-state index contributed by atoms with van der Waals surface area (Å²) in [6.45, 7) is 3.99. The normalized spacial score (nSPS) is 9.47. The molecule has 1 rings (SSSR count). The van der Waals surface area contributed by atoms with E-state index in [1.807, 2.05) is 0 Å². The van der Waals surface area contributed by atoms with Gasteiger partial charge in [0.25, 0.3) is 5.91 Å². The number of carbonyl (C=O) groups excluding carboxylic acids is 1. The summed E-state index contributed by atoms with van der Waals surface area (Å²) in [5, 5.41) is 2.67. The fourth-order valence-electron chi connectivity index (χ4n) is 0.998. The van der Waals surface area contributed by atoms with Crippen LogP contribution in [0.25, 0.3) is 0 Å². The van der Waals surface area contributed by atoms with E-state index in [-0.39, 0.29) is 5.91 Å². The van der Waals surface area contributed by atoms with Crippen LogP contribution in [0.4, 0.5) is 0 Å². The van der Waals surface area contributed by atoms with E-state index in [1.54, 1.807) is 18.3 Å². The van der Waals surface area contributed by atoms with Gasteiger partial charge in [0.2, 0.25) is 5.88 Å². The van der Waals surface area contributed by atoms with Crippen molar-refractivity contribution in [1.29, 1.82) is 0 Å². The van der Waals surface area contributed by atoms with Gasteiger partial charge in [-0.25, -0.2) is 4.98 Å². The van der Waals surface area contributed by atoms with E-state index in [1.165, 1.54) is 7.11 Å². The Morgan fingerprint density at radius 1 is 1.73 bits per heavy atom. The Morgan fingerprint density at radius 2 is 2.47 bits per heavy atom. The first-order valence-corrected chi connectivity index (χ1v) is 5.05. The molecule has 1 aromatic heterocycles. The Balaban J connectivity index is 2.77. The third kappa shape index (κ3) is 3.36. The molecule has 0 aliphatic heterocycles. The summed E-state index contributed by atoms with van der Waals surface area (Å²) in [5.41, 5.74) is 0.411. The Hall–Kier alpha value is -1.36. The average Bonchev–Trinajstić information content (AvgIpc) is 2.25. The number of aromatic nitrogens is 1. The molecule has 0 fully saturated rings. The molecule has 1 heterocycles. The summed E-state index contributed by atoms with van der Waals surface area (Å²) in [7, 11) is 1.47. The molecule has 0 aliphatic carbocycles. The number of halogens is 1. The van der Waals surface area contributed by atoms with Gasteiger partial charge >= 0.3 is 0 Å². The van der Waals surface area contributed by atoms with Crippen LogP contribution in [-0.4, -0.2) is 24.5 Å². The quantitative estimate of drug-likeness (QED) is 0.907. The van der Waals surface area contributed by atoms with Crippen LogP contribution in [0, 0.1) is 0 Å². The van der Waals surface area contributed by atoms with Crippen molar-refractivity contribution in [3.63, 3.8) is 0 Å². The highest BCUT2D eigenvalue weighted by Crippen LogP contribution is 2.13. The zero-order valence-electron chi connectivity index (χ0n) is 8.29. The smallest absolute Gasteiger partial charge is 0.257 e. The molecule has 80 valence electrons. The van der Waals surface area contributed by atoms with E-state index in [0.717, 1.165) is 0 Å². The molecule has 5 heteroatoms. The predicted octanol–water partition coefficient (Wildman–Crippen LogP) is 1.73. The minimum Gasteiger partial charge on any atom is -0.480 e.